The van der Waals surface area contributed by atoms with Crippen LogP contribution >= 0.6 is 11.3 Å². The molecule has 0 radical (unpaired) electrons. The largest absolute Gasteiger partial charge is 0.383 e. The van der Waals surface area contributed by atoms with E-state index in [2.05, 4.69) is 10.3 Å². The Morgan fingerprint density at radius 2 is 1.97 bits per heavy atom. The van der Waals surface area contributed by atoms with Gasteiger partial charge in [0.05, 0.1) is 21.7 Å². The van der Waals surface area contributed by atoms with Crippen molar-refractivity contribution in [2.75, 3.05) is 19.0 Å². The van der Waals surface area contributed by atoms with Gasteiger partial charge in [-0.3, -0.25) is 19.7 Å². The van der Waals surface area contributed by atoms with Gasteiger partial charge in [0.1, 0.15) is 0 Å². The number of non-ortho nitro benzene ring substituents is 1. The number of anilines is 1. The summed E-state index contributed by atoms with van der Waals surface area (Å²) in [6.07, 6.45) is 0. The molecule has 0 unspecified atom stereocenters. The van der Waals surface area contributed by atoms with Gasteiger partial charge in [-0.2, -0.15) is 4.99 Å². The number of ether oxygens (including phenoxy) is 1. The summed E-state index contributed by atoms with van der Waals surface area (Å²) in [5.74, 6) is -0.675. The number of methoxy groups -OCH3 is 1. The maximum atomic E-state index is 12.6. The van der Waals surface area contributed by atoms with Crippen LogP contribution in [-0.2, 0) is 16.1 Å². The molecule has 10 heteroatoms. The average molecular weight is 414 g/mol. The molecule has 0 aliphatic rings. The highest BCUT2D eigenvalue weighted by atomic mass is 32.1. The van der Waals surface area contributed by atoms with Crippen molar-refractivity contribution in [2.45, 2.75) is 13.5 Å². The number of hydrogen-bond donors (Lipinski definition) is 1. The highest BCUT2D eigenvalue weighted by molar-refractivity contribution is 7.16. The zero-order chi connectivity index (χ0) is 21.0. The van der Waals surface area contributed by atoms with Crippen LogP contribution in [0.2, 0.25) is 0 Å². The van der Waals surface area contributed by atoms with E-state index in [-0.39, 0.29) is 17.2 Å². The van der Waals surface area contributed by atoms with Gasteiger partial charge in [-0.1, -0.05) is 11.3 Å². The second-order valence-electron chi connectivity index (χ2n) is 6.11. The number of benzene rings is 2. The van der Waals surface area contributed by atoms with Crippen molar-refractivity contribution in [1.82, 2.24) is 4.57 Å². The number of nitro groups is 1. The molecule has 0 aliphatic heterocycles. The minimum Gasteiger partial charge on any atom is -0.383 e. The Balaban J connectivity index is 2.04. The first kappa shape index (κ1) is 20.4. The molecule has 1 aromatic heterocycles. The smallest absolute Gasteiger partial charge is 0.279 e. The van der Waals surface area contributed by atoms with E-state index in [1.807, 2.05) is 16.7 Å². The standard InChI is InChI=1S/C19H18N4O5S/c1-12(24)20-14-5-8-16-17(11-14)29-19(22(16)9-10-28-2)21-18(25)13-3-6-15(7-4-13)23(26)27/h3-8,11H,9-10H2,1-2H3,(H,20,24). The highest BCUT2D eigenvalue weighted by Crippen LogP contribution is 2.22. The molecule has 0 spiro atoms. The highest BCUT2D eigenvalue weighted by Gasteiger charge is 2.12. The lowest BCUT2D eigenvalue weighted by molar-refractivity contribution is -0.384. The number of carbonyl (C=O) groups is 2. The van der Waals surface area contributed by atoms with Gasteiger partial charge in [-0.05, 0) is 30.3 Å². The molecular weight excluding hydrogens is 396 g/mol. The predicted molar refractivity (Wildman–Crippen MR) is 109 cm³/mol. The second kappa shape index (κ2) is 8.76. The van der Waals surface area contributed by atoms with Crippen LogP contribution in [0.1, 0.15) is 17.3 Å². The number of rotatable bonds is 6. The van der Waals surface area contributed by atoms with E-state index in [0.717, 1.165) is 10.2 Å². The van der Waals surface area contributed by atoms with Gasteiger partial charge in [-0.25, -0.2) is 0 Å². The quantitative estimate of drug-likeness (QED) is 0.492. The molecule has 0 fully saturated rings. The normalized spacial score (nSPS) is 11.6. The van der Waals surface area contributed by atoms with E-state index in [0.29, 0.717) is 23.6 Å². The van der Waals surface area contributed by atoms with Crippen molar-refractivity contribution in [1.29, 1.82) is 0 Å². The number of aromatic nitrogens is 1. The Morgan fingerprint density at radius 1 is 1.24 bits per heavy atom. The summed E-state index contributed by atoms with van der Waals surface area (Å²) in [7, 11) is 1.59. The summed E-state index contributed by atoms with van der Waals surface area (Å²) in [6.45, 7) is 2.35. The van der Waals surface area contributed by atoms with Crippen LogP contribution in [-0.4, -0.2) is 35.0 Å². The minimum absolute atomic E-state index is 0.0935. The Kier molecular flexibility index (Phi) is 6.15. The monoisotopic (exact) mass is 414 g/mol. The number of nitro benzene ring substituents is 1. The number of hydrogen-bond acceptors (Lipinski definition) is 6. The predicted octanol–water partition coefficient (Wildman–Crippen LogP) is 2.96. The Hall–Kier alpha value is -3.37. The molecule has 2 amide bonds. The summed E-state index contributed by atoms with van der Waals surface area (Å²) in [6, 6.07) is 10.7. The summed E-state index contributed by atoms with van der Waals surface area (Å²) >= 11 is 1.31. The molecule has 0 saturated heterocycles. The second-order valence-corrected chi connectivity index (χ2v) is 7.12. The summed E-state index contributed by atoms with van der Waals surface area (Å²) in [4.78, 5) is 38.8. The average Bonchev–Trinajstić information content (AvgIpc) is 3.02. The molecule has 1 N–H and O–H groups in total. The van der Waals surface area contributed by atoms with E-state index in [4.69, 9.17) is 4.74 Å². The third-order valence-electron chi connectivity index (χ3n) is 4.04. The van der Waals surface area contributed by atoms with Crippen LogP contribution in [0.4, 0.5) is 11.4 Å². The fourth-order valence-electron chi connectivity index (χ4n) is 2.72. The van der Waals surface area contributed by atoms with Gasteiger partial charge in [0.25, 0.3) is 11.6 Å². The van der Waals surface area contributed by atoms with Gasteiger partial charge >= 0.3 is 0 Å². The zero-order valence-electron chi connectivity index (χ0n) is 15.7. The molecule has 150 valence electrons. The first-order valence-corrected chi connectivity index (χ1v) is 9.44. The lowest BCUT2D eigenvalue weighted by Crippen LogP contribution is -2.19. The summed E-state index contributed by atoms with van der Waals surface area (Å²) < 4.78 is 7.87. The van der Waals surface area contributed by atoms with Gasteiger partial charge in [0.2, 0.25) is 5.91 Å². The van der Waals surface area contributed by atoms with E-state index in [9.17, 15) is 19.7 Å². The van der Waals surface area contributed by atoms with Gasteiger partial charge in [0.15, 0.2) is 4.80 Å². The van der Waals surface area contributed by atoms with Crippen LogP contribution in [0.25, 0.3) is 10.2 Å². The number of carbonyl (C=O) groups excluding carboxylic acids is 2. The van der Waals surface area contributed by atoms with Crippen molar-refractivity contribution in [3.05, 3.63) is 62.9 Å². The number of thiazole rings is 1. The van der Waals surface area contributed by atoms with Crippen LogP contribution in [0.15, 0.2) is 47.5 Å². The Bertz CT molecular complexity index is 1150. The molecule has 3 rings (SSSR count). The molecule has 3 aromatic rings. The number of amides is 2. The van der Waals surface area contributed by atoms with E-state index in [1.165, 1.54) is 42.5 Å². The molecule has 1 heterocycles. The summed E-state index contributed by atoms with van der Waals surface area (Å²) in [5.41, 5.74) is 1.67. The van der Waals surface area contributed by atoms with E-state index < -0.39 is 10.8 Å². The molecule has 0 saturated carbocycles. The maximum Gasteiger partial charge on any atom is 0.279 e. The lowest BCUT2D eigenvalue weighted by Gasteiger charge is -2.05. The fraction of sp³-hybridized carbons (Fsp3) is 0.211. The molecule has 0 aliphatic carbocycles. The van der Waals surface area contributed by atoms with Crippen LogP contribution in [0.3, 0.4) is 0 Å². The number of nitrogens with one attached hydrogen (secondary N) is 1. The summed E-state index contributed by atoms with van der Waals surface area (Å²) in [5, 5.41) is 13.5. The van der Waals surface area contributed by atoms with Crippen LogP contribution in [0.5, 0.6) is 0 Å². The third kappa shape index (κ3) is 4.73. The number of fused-ring (bicyclic) bond motifs is 1. The molecule has 2 aromatic carbocycles. The van der Waals surface area contributed by atoms with Gasteiger partial charge in [0, 0.05) is 44.0 Å². The van der Waals surface area contributed by atoms with Crippen molar-refractivity contribution in [3.63, 3.8) is 0 Å². The third-order valence-corrected chi connectivity index (χ3v) is 5.09. The zero-order valence-corrected chi connectivity index (χ0v) is 16.6. The molecule has 29 heavy (non-hydrogen) atoms. The van der Waals surface area contributed by atoms with Crippen LogP contribution < -0.4 is 10.1 Å². The van der Waals surface area contributed by atoms with Crippen molar-refractivity contribution in [3.8, 4) is 0 Å². The fourth-order valence-corrected chi connectivity index (χ4v) is 3.81. The minimum atomic E-state index is -0.525. The Labute approximate surface area is 169 Å². The topological polar surface area (TPSA) is 116 Å². The van der Waals surface area contributed by atoms with Gasteiger partial charge < -0.3 is 14.6 Å². The van der Waals surface area contributed by atoms with E-state index >= 15 is 0 Å². The molecular formula is C19H18N4O5S. The molecule has 0 bridgehead atoms. The van der Waals surface area contributed by atoms with Crippen molar-refractivity contribution in [2.24, 2.45) is 4.99 Å². The van der Waals surface area contributed by atoms with E-state index in [1.54, 1.807) is 13.2 Å². The maximum absolute atomic E-state index is 12.6. The van der Waals surface area contributed by atoms with Crippen LogP contribution in [0, 0.1) is 10.1 Å². The van der Waals surface area contributed by atoms with Crippen molar-refractivity contribution >= 4 is 44.7 Å². The first-order chi connectivity index (χ1) is 13.9. The Morgan fingerprint density at radius 3 is 2.59 bits per heavy atom. The number of nitrogens with zero attached hydrogens (tertiary/aromatic N) is 3. The van der Waals surface area contributed by atoms with Gasteiger partial charge in [-0.15, -0.1) is 0 Å². The SMILES string of the molecule is COCCn1c(=NC(=O)c2ccc([N+](=O)[O-])cc2)sc2cc(NC(C)=O)ccc21. The molecule has 9 nitrogen and oxygen atoms in total. The lowest BCUT2D eigenvalue weighted by atomic mass is 10.2. The molecule has 0 atom stereocenters. The first-order valence-electron chi connectivity index (χ1n) is 8.62. The van der Waals surface area contributed by atoms with Crippen molar-refractivity contribution < 1.29 is 19.2 Å².